The van der Waals surface area contributed by atoms with Crippen LogP contribution in [0.2, 0.25) is 0 Å². The van der Waals surface area contributed by atoms with E-state index in [0.29, 0.717) is 19.0 Å². The van der Waals surface area contributed by atoms with Gasteiger partial charge in [0.1, 0.15) is 11.4 Å². The number of amides is 1. The van der Waals surface area contributed by atoms with Gasteiger partial charge in [-0.25, -0.2) is 4.79 Å². The van der Waals surface area contributed by atoms with Gasteiger partial charge in [0.2, 0.25) is 0 Å². The van der Waals surface area contributed by atoms with E-state index >= 15 is 0 Å². The lowest BCUT2D eigenvalue weighted by Gasteiger charge is -2.30. The fraction of sp³-hybridized carbons (Fsp3) is 0.464. The fourth-order valence-electron chi connectivity index (χ4n) is 5.29. The summed E-state index contributed by atoms with van der Waals surface area (Å²) >= 11 is 0. The van der Waals surface area contributed by atoms with E-state index in [0.717, 1.165) is 30.7 Å². The average Bonchev–Trinajstić information content (AvgIpc) is 3.33. The molecule has 0 spiro atoms. The third kappa shape index (κ3) is 3.77. The molecule has 3 aromatic rings. The summed E-state index contributed by atoms with van der Waals surface area (Å²) in [5, 5.41) is 1.26. The van der Waals surface area contributed by atoms with Gasteiger partial charge >= 0.3 is 6.09 Å². The van der Waals surface area contributed by atoms with Crippen molar-refractivity contribution in [2.75, 3.05) is 13.7 Å². The Hall–Kier alpha value is -2.95. The second kappa shape index (κ2) is 7.82. The minimum atomic E-state index is -0.491. The fourth-order valence-corrected chi connectivity index (χ4v) is 5.29. The van der Waals surface area contributed by atoms with E-state index < -0.39 is 5.60 Å². The molecule has 0 atom stereocenters. The Kier molecular flexibility index (Phi) is 5.19. The summed E-state index contributed by atoms with van der Waals surface area (Å²) in [5.74, 6) is 1.34. The van der Waals surface area contributed by atoms with Crippen LogP contribution in [-0.2, 0) is 30.7 Å². The first-order chi connectivity index (χ1) is 15.7. The van der Waals surface area contributed by atoms with Crippen LogP contribution in [0.15, 0.2) is 30.3 Å². The first-order valence-corrected chi connectivity index (χ1v) is 12.0. The van der Waals surface area contributed by atoms with E-state index in [1.165, 1.54) is 38.9 Å². The third-order valence-electron chi connectivity index (χ3n) is 6.88. The summed E-state index contributed by atoms with van der Waals surface area (Å²) in [6.07, 6.45) is 1.69. The number of aryl methyl sites for hydroxylation is 2. The van der Waals surface area contributed by atoms with E-state index in [4.69, 9.17) is 9.47 Å². The molecule has 5 rings (SSSR count). The first-order valence-electron chi connectivity index (χ1n) is 12.0. The largest absolute Gasteiger partial charge is 0.496 e. The van der Waals surface area contributed by atoms with Gasteiger partial charge in [-0.1, -0.05) is 19.9 Å². The lowest BCUT2D eigenvalue weighted by molar-refractivity contribution is 0.0223. The van der Waals surface area contributed by atoms with Gasteiger partial charge < -0.3 is 18.9 Å². The van der Waals surface area contributed by atoms with Gasteiger partial charge in [-0.2, -0.15) is 0 Å². The summed E-state index contributed by atoms with van der Waals surface area (Å²) in [5.41, 5.74) is 8.51. The van der Waals surface area contributed by atoms with Gasteiger partial charge in [0, 0.05) is 41.7 Å². The third-order valence-corrected chi connectivity index (χ3v) is 6.88. The van der Waals surface area contributed by atoms with Crippen LogP contribution < -0.4 is 4.74 Å². The highest BCUT2D eigenvalue weighted by molar-refractivity contribution is 5.94. The van der Waals surface area contributed by atoms with Crippen molar-refractivity contribution in [3.05, 3.63) is 52.7 Å². The molecule has 2 aromatic carbocycles. The van der Waals surface area contributed by atoms with Crippen molar-refractivity contribution in [2.45, 2.75) is 72.1 Å². The molecule has 5 nitrogen and oxygen atoms in total. The molecule has 1 aromatic heterocycles. The Labute approximate surface area is 196 Å². The smallest absolute Gasteiger partial charge is 0.410 e. The Morgan fingerprint density at radius 3 is 2.55 bits per heavy atom. The van der Waals surface area contributed by atoms with Crippen molar-refractivity contribution in [3.8, 4) is 16.9 Å². The molecular formula is C28H34N2O3. The van der Waals surface area contributed by atoms with E-state index in [1.807, 2.05) is 25.7 Å². The molecule has 0 aliphatic carbocycles. The van der Waals surface area contributed by atoms with Crippen molar-refractivity contribution < 1.29 is 14.3 Å². The molecule has 1 amide bonds. The van der Waals surface area contributed by atoms with Crippen LogP contribution in [0.5, 0.6) is 5.75 Å². The zero-order valence-corrected chi connectivity index (χ0v) is 20.6. The molecule has 3 heterocycles. The normalized spacial score (nSPS) is 15.3. The van der Waals surface area contributed by atoms with Crippen LogP contribution >= 0.6 is 0 Å². The first kappa shape index (κ1) is 21.9. The molecule has 0 unspecified atom stereocenters. The van der Waals surface area contributed by atoms with Gasteiger partial charge in [0.15, 0.2) is 0 Å². The molecule has 174 valence electrons. The minimum absolute atomic E-state index is 0.228. The predicted molar refractivity (Wildman–Crippen MR) is 132 cm³/mol. The van der Waals surface area contributed by atoms with E-state index in [9.17, 15) is 4.79 Å². The molecule has 5 heteroatoms. The van der Waals surface area contributed by atoms with Gasteiger partial charge in [0.05, 0.1) is 19.2 Å². The van der Waals surface area contributed by atoms with Crippen molar-refractivity contribution in [2.24, 2.45) is 0 Å². The van der Waals surface area contributed by atoms with Crippen LogP contribution in [0.25, 0.3) is 22.0 Å². The summed E-state index contributed by atoms with van der Waals surface area (Å²) in [6.45, 7) is 12.5. The lowest BCUT2D eigenvalue weighted by Crippen LogP contribution is -2.40. The molecule has 0 saturated carbocycles. The average molecular weight is 447 g/mol. The van der Waals surface area contributed by atoms with E-state index in [1.54, 1.807) is 7.11 Å². The monoisotopic (exact) mass is 446 g/mol. The summed E-state index contributed by atoms with van der Waals surface area (Å²) in [6, 6.07) is 11.1. The van der Waals surface area contributed by atoms with Gasteiger partial charge in [-0.05, 0) is 74.1 Å². The van der Waals surface area contributed by atoms with E-state index in [2.05, 4.69) is 48.7 Å². The highest BCUT2D eigenvalue weighted by Gasteiger charge is 2.32. The highest BCUT2D eigenvalue weighted by Crippen LogP contribution is 2.42. The molecule has 2 aliphatic heterocycles. The van der Waals surface area contributed by atoms with Crippen molar-refractivity contribution in [1.82, 2.24) is 9.47 Å². The second-order valence-corrected chi connectivity index (χ2v) is 10.6. The number of carbonyl (C=O) groups is 1. The van der Waals surface area contributed by atoms with Crippen molar-refractivity contribution in [3.63, 3.8) is 0 Å². The minimum Gasteiger partial charge on any atom is -0.496 e. The number of methoxy groups -OCH3 is 1. The summed E-state index contributed by atoms with van der Waals surface area (Å²) < 4.78 is 13.9. The standard InChI is InChI=1S/C28H34N2O3/c1-17(2)18-7-8-25(32-6)21(14-18)20-13-19-9-12-30-24-10-11-29(27(31)33-28(3,4)5)16-23(24)22(15-20)26(19)30/h7-8,13-15,17H,9-12,16H2,1-6H3. The number of hydrogen-bond acceptors (Lipinski definition) is 3. The SMILES string of the molecule is COc1ccc(C(C)C)cc1-c1cc2c3c(c1)c1c(n3CC2)CCN(C(=O)OC(C)(C)C)C1. The van der Waals surface area contributed by atoms with Crippen LogP contribution in [0.3, 0.4) is 0 Å². The second-order valence-electron chi connectivity index (χ2n) is 10.6. The number of hydrogen-bond donors (Lipinski definition) is 0. The summed E-state index contributed by atoms with van der Waals surface area (Å²) in [7, 11) is 1.74. The van der Waals surface area contributed by atoms with Crippen LogP contribution in [-0.4, -0.2) is 34.8 Å². The number of benzene rings is 2. The zero-order valence-electron chi connectivity index (χ0n) is 20.6. The molecule has 0 N–H and O–H groups in total. The number of carbonyl (C=O) groups excluding carboxylic acids is 1. The topological polar surface area (TPSA) is 43.7 Å². The highest BCUT2D eigenvalue weighted by atomic mass is 16.6. The Morgan fingerprint density at radius 1 is 1.06 bits per heavy atom. The molecule has 0 bridgehead atoms. The Balaban J connectivity index is 1.61. The molecule has 2 aliphatic rings. The maximum Gasteiger partial charge on any atom is 0.410 e. The molecule has 0 saturated heterocycles. The Morgan fingerprint density at radius 2 is 1.85 bits per heavy atom. The predicted octanol–water partition coefficient (Wildman–Crippen LogP) is 6.29. The van der Waals surface area contributed by atoms with Gasteiger partial charge in [-0.15, -0.1) is 0 Å². The number of fused-ring (bicyclic) bond motifs is 3. The van der Waals surface area contributed by atoms with Crippen LogP contribution in [0, 0.1) is 0 Å². The zero-order chi connectivity index (χ0) is 23.5. The Bertz CT molecular complexity index is 1250. The molecule has 0 radical (unpaired) electrons. The van der Waals surface area contributed by atoms with Gasteiger partial charge in [-0.3, -0.25) is 0 Å². The number of nitrogens with zero attached hydrogens (tertiary/aromatic N) is 2. The maximum absolute atomic E-state index is 12.8. The van der Waals surface area contributed by atoms with Crippen molar-refractivity contribution in [1.29, 1.82) is 0 Å². The molecular weight excluding hydrogens is 412 g/mol. The summed E-state index contributed by atoms with van der Waals surface area (Å²) in [4.78, 5) is 14.7. The van der Waals surface area contributed by atoms with Gasteiger partial charge in [0.25, 0.3) is 0 Å². The molecule has 33 heavy (non-hydrogen) atoms. The quantitative estimate of drug-likeness (QED) is 0.475. The van der Waals surface area contributed by atoms with Crippen molar-refractivity contribution >= 4 is 17.0 Å². The van der Waals surface area contributed by atoms with Crippen LogP contribution in [0.4, 0.5) is 4.79 Å². The van der Waals surface area contributed by atoms with E-state index in [-0.39, 0.29) is 6.09 Å². The van der Waals surface area contributed by atoms with Crippen LogP contribution in [0.1, 0.15) is 62.9 Å². The molecule has 0 fully saturated rings. The maximum atomic E-state index is 12.8. The number of ether oxygens (including phenoxy) is 2. The lowest BCUT2D eigenvalue weighted by atomic mass is 9.93. The number of aromatic nitrogens is 1. The number of rotatable bonds is 3.